The smallest absolute Gasteiger partial charge is 0.269 e. The minimum absolute atomic E-state index is 0. The van der Waals surface area contributed by atoms with Gasteiger partial charge in [0.25, 0.3) is 5.69 Å². The van der Waals surface area contributed by atoms with Crippen molar-refractivity contribution < 1.29 is 22.9 Å². The summed E-state index contributed by atoms with van der Waals surface area (Å²) in [5.41, 5.74) is 5.73. The molecule has 12 heteroatoms. The van der Waals surface area contributed by atoms with Crippen LogP contribution in [-0.4, -0.2) is 51.6 Å². The molecule has 0 spiro atoms. The summed E-state index contributed by atoms with van der Waals surface area (Å²) in [5.74, 6) is -0.271. The fourth-order valence-corrected chi connectivity index (χ4v) is 3.64. The number of non-ortho nitro benzene ring substituents is 1. The van der Waals surface area contributed by atoms with Gasteiger partial charge in [0.05, 0.1) is 15.9 Å². The van der Waals surface area contributed by atoms with Gasteiger partial charge in [-0.2, -0.15) is 0 Å². The van der Waals surface area contributed by atoms with E-state index in [2.05, 4.69) is 10.0 Å². The number of nitrogens with two attached hydrogens (primary N) is 1. The van der Waals surface area contributed by atoms with Gasteiger partial charge >= 0.3 is 0 Å². The van der Waals surface area contributed by atoms with Gasteiger partial charge in [0.2, 0.25) is 15.9 Å². The van der Waals surface area contributed by atoms with Crippen LogP contribution in [-0.2, 0) is 19.6 Å². The molecule has 1 aromatic rings. The maximum Gasteiger partial charge on any atom is 0.269 e. The monoisotopic (exact) mass is 422 g/mol. The molecule has 1 saturated heterocycles. The molecular weight excluding hydrogens is 400 g/mol. The molecule has 1 unspecified atom stereocenters. The molecule has 27 heavy (non-hydrogen) atoms. The number of nitrogens with one attached hydrogen (secondary N) is 2. The number of halogens is 1. The summed E-state index contributed by atoms with van der Waals surface area (Å²) in [6.07, 6.45) is 1.45. The van der Waals surface area contributed by atoms with E-state index in [-0.39, 0.29) is 47.9 Å². The Labute approximate surface area is 163 Å². The third kappa shape index (κ3) is 6.70. The van der Waals surface area contributed by atoms with Gasteiger partial charge < -0.3 is 15.8 Å². The molecule has 0 aliphatic carbocycles. The zero-order valence-corrected chi connectivity index (χ0v) is 16.1. The summed E-state index contributed by atoms with van der Waals surface area (Å²) in [6, 6.07) is 3.89. The number of hydrogen-bond donors (Lipinski definition) is 3. The second kappa shape index (κ2) is 10.5. The Hall–Kier alpha value is -1.79. The third-order valence-electron chi connectivity index (χ3n) is 4.15. The van der Waals surface area contributed by atoms with E-state index < -0.39 is 21.0 Å². The molecule has 152 valence electrons. The molecule has 1 fully saturated rings. The van der Waals surface area contributed by atoms with Crippen molar-refractivity contribution in [2.24, 2.45) is 11.7 Å². The molecule has 1 aliphatic heterocycles. The molecule has 0 radical (unpaired) electrons. The van der Waals surface area contributed by atoms with Crippen LogP contribution in [0.15, 0.2) is 29.2 Å². The SMILES string of the molecule is Cl.NC(C(=O)NCCNS(=O)(=O)c1ccc([N+](=O)[O-])cc1)C1CCOCC1. The zero-order chi connectivity index (χ0) is 19.2. The molecule has 10 nitrogen and oxygen atoms in total. The van der Waals surface area contributed by atoms with Crippen molar-refractivity contribution in [2.75, 3.05) is 26.3 Å². The summed E-state index contributed by atoms with van der Waals surface area (Å²) in [7, 11) is -3.81. The highest BCUT2D eigenvalue weighted by atomic mass is 35.5. The van der Waals surface area contributed by atoms with Gasteiger partial charge in [-0.05, 0) is 30.9 Å². The van der Waals surface area contributed by atoms with Crippen LogP contribution in [0.5, 0.6) is 0 Å². The van der Waals surface area contributed by atoms with E-state index in [1.807, 2.05) is 0 Å². The summed E-state index contributed by atoms with van der Waals surface area (Å²) in [6.45, 7) is 1.23. The molecule has 1 amide bonds. The first-order valence-electron chi connectivity index (χ1n) is 8.16. The first-order valence-corrected chi connectivity index (χ1v) is 9.65. The second-order valence-electron chi connectivity index (χ2n) is 5.92. The van der Waals surface area contributed by atoms with Crippen LogP contribution in [0.1, 0.15) is 12.8 Å². The molecular formula is C15H23ClN4O6S. The highest BCUT2D eigenvalue weighted by Crippen LogP contribution is 2.17. The van der Waals surface area contributed by atoms with Crippen molar-refractivity contribution in [3.63, 3.8) is 0 Å². The lowest BCUT2D eigenvalue weighted by molar-refractivity contribution is -0.384. The van der Waals surface area contributed by atoms with E-state index in [1.54, 1.807) is 0 Å². The van der Waals surface area contributed by atoms with Gasteiger partial charge in [-0.15, -0.1) is 12.4 Å². The van der Waals surface area contributed by atoms with E-state index in [4.69, 9.17) is 10.5 Å². The fourth-order valence-electron chi connectivity index (χ4n) is 2.61. The maximum absolute atomic E-state index is 12.1. The first kappa shape index (κ1) is 23.2. The number of carbonyl (C=O) groups excluding carboxylic acids is 1. The van der Waals surface area contributed by atoms with Gasteiger partial charge in [-0.1, -0.05) is 0 Å². The lowest BCUT2D eigenvalue weighted by atomic mass is 9.92. The van der Waals surface area contributed by atoms with E-state index >= 15 is 0 Å². The topological polar surface area (TPSA) is 154 Å². The molecule has 1 heterocycles. The Balaban J connectivity index is 0.00000364. The van der Waals surface area contributed by atoms with Crippen LogP contribution < -0.4 is 15.8 Å². The van der Waals surface area contributed by atoms with Gasteiger partial charge in [0, 0.05) is 38.4 Å². The molecule has 0 bridgehead atoms. The van der Waals surface area contributed by atoms with Crippen molar-refractivity contribution in [1.82, 2.24) is 10.0 Å². The Kier molecular flexibility index (Phi) is 9.06. The van der Waals surface area contributed by atoms with Gasteiger partial charge in [-0.25, -0.2) is 13.1 Å². The second-order valence-corrected chi connectivity index (χ2v) is 7.68. The Bertz CT molecular complexity index is 737. The molecule has 0 aromatic heterocycles. The molecule has 4 N–H and O–H groups in total. The summed E-state index contributed by atoms with van der Waals surface area (Å²) in [5, 5.41) is 13.2. The highest BCUT2D eigenvalue weighted by Gasteiger charge is 2.26. The van der Waals surface area contributed by atoms with E-state index in [0.29, 0.717) is 13.2 Å². The number of sulfonamides is 1. The molecule has 1 aromatic carbocycles. The van der Waals surface area contributed by atoms with Crippen molar-refractivity contribution >= 4 is 34.0 Å². The fraction of sp³-hybridized carbons (Fsp3) is 0.533. The van der Waals surface area contributed by atoms with Gasteiger partial charge in [0.15, 0.2) is 0 Å². The number of nitrogens with zero attached hydrogens (tertiary/aromatic N) is 1. The zero-order valence-electron chi connectivity index (χ0n) is 14.5. The standard InChI is InChI=1S/C15H22N4O6S.ClH/c16-14(11-5-9-25-10-6-11)15(20)17-7-8-18-26(23,24)13-3-1-12(2-4-13)19(21)22;/h1-4,11,14,18H,5-10,16H2,(H,17,20);1H. The lowest BCUT2D eigenvalue weighted by Gasteiger charge is -2.26. The van der Waals surface area contributed by atoms with E-state index in [1.165, 1.54) is 0 Å². The average molecular weight is 423 g/mol. The van der Waals surface area contributed by atoms with E-state index in [9.17, 15) is 23.3 Å². The predicted molar refractivity (Wildman–Crippen MR) is 100 cm³/mol. The normalized spacial score (nSPS) is 16.2. The Morgan fingerprint density at radius 1 is 1.26 bits per heavy atom. The van der Waals surface area contributed by atoms with Crippen LogP contribution in [0.3, 0.4) is 0 Å². The number of amides is 1. The van der Waals surface area contributed by atoms with Crippen LogP contribution in [0.2, 0.25) is 0 Å². The largest absolute Gasteiger partial charge is 0.381 e. The highest BCUT2D eigenvalue weighted by molar-refractivity contribution is 7.89. The number of carbonyl (C=O) groups is 1. The third-order valence-corrected chi connectivity index (χ3v) is 5.63. The van der Waals surface area contributed by atoms with Crippen molar-refractivity contribution in [3.05, 3.63) is 34.4 Å². The quantitative estimate of drug-likeness (QED) is 0.306. The van der Waals surface area contributed by atoms with Crippen molar-refractivity contribution in [2.45, 2.75) is 23.8 Å². The number of nitro benzene ring substituents is 1. The molecule has 0 saturated carbocycles. The summed E-state index contributed by atoms with van der Waals surface area (Å²) < 4.78 is 31.8. The number of rotatable bonds is 8. The lowest BCUT2D eigenvalue weighted by Crippen LogP contribution is -2.48. The van der Waals surface area contributed by atoms with Crippen LogP contribution in [0.4, 0.5) is 5.69 Å². The van der Waals surface area contributed by atoms with Gasteiger partial charge in [0.1, 0.15) is 0 Å². The minimum Gasteiger partial charge on any atom is -0.381 e. The summed E-state index contributed by atoms with van der Waals surface area (Å²) in [4.78, 5) is 21.9. The molecule has 1 aliphatic rings. The van der Waals surface area contributed by atoms with E-state index in [0.717, 1.165) is 37.1 Å². The summed E-state index contributed by atoms with van der Waals surface area (Å²) >= 11 is 0. The number of nitro groups is 1. The number of hydrogen-bond acceptors (Lipinski definition) is 7. The van der Waals surface area contributed by atoms with Gasteiger partial charge in [-0.3, -0.25) is 14.9 Å². The molecule has 1 atom stereocenters. The van der Waals surface area contributed by atoms with Crippen molar-refractivity contribution in [1.29, 1.82) is 0 Å². The van der Waals surface area contributed by atoms with Crippen LogP contribution in [0, 0.1) is 16.0 Å². The van der Waals surface area contributed by atoms with Crippen molar-refractivity contribution in [3.8, 4) is 0 Å². The first-order chi connectivity index (χ1) is 12.3. The molecule has 2 rings (SSSR count). The Morgan fingerprint density at radius 3 is 2.41 bits per heavy atom. The maximum atomic E-state index is 12.1. The average Bonchev–Trinajstić information content (AvgIpc) is 2.65. The number of ether oxygens (including phenoxy) is 1. The minimum atomic E-state index is -3.81. The predicted octanol–water partition coefficient (Wildman–Crippen LogP) is 0.165. The van der Waals surface area contributed by atoms with Crippen LogP contribution >= 0.6 is 12.4 Å². The number of benzene rings is 1. The van der Waals surface area contributed by atoms with Crippen LogP contribution in [0.25, 0.3) is 0 Å². The Morgan fingerprint density at radius 2 is 1.85 bits per heavy atom.